The third-order valence-electron chi connectivity index (χ3n) is 5.24. The van der Waals surface area contributed by atoms with Gasteiger partial charge in [-0.15, -0.1) is 0 Å². The van der Waals surface area contributed by atoms with Crippen LogP contribution >= 0.6 is 0 Å². The highest BCUT2D eigenvalue weighted by Crippen LogP contribution is 2.36. The van der Waals surface area contributed by atoms with E-state index in [1.165, 1.54) is 6.07 Å². The summed E-state index contributed by atoms with van der Waals surface area (Å²) in [6.45, 7) is 1.55. The number of Topliss-reactive ketones (excluding diaryl/α,β-unsaturated/α-hetero) is 1. The summed E-state index contributed by atoms with van der Waals surface area (Å²) in [5, 5.41) is 9.01. The normalized spacial score (nSPS) is 16.5. The van der Waals surface area contributed by atoms with Gasteiger partial charge < -0.3 is 9.67 Å². The summed E-state index contributed by atoms with van der Waals surface area (Å²) < 4.78 is 41.0. The first-order valence-electron chi connectivity index (χ1n) is 9.40. The highest BCUT2D eigenvalue weighted by atomic mass is 19.4. The van der Waals surface area contributed by atoms with Gasteiger partial charge in [0.05, 0.1) is 6.61 Å². The van der Waals surface area contributed by atoms with Gasteiger partial charge in [0, 0.05) is 24.8 Å². The predicted octanol–water partition coefficient (Wildman–Crippen LogP) is 4.09. The molecule has 2 aromatic heterocycles. The van der Waals surface area contributed by atoms with Crippen molar-refractivity contribution in [2.75, 3.05) is 6.61 Å². The van der Waals surface area contributed by atoms with Gasteiger partial charge in [-0.3, -0.25) is 4.79 Å². The molecule has 1 aliphatic rings. The first-order valence-corrected chi connectivity index (χ1v) is 9.40. The topological polar surface area (TPSA) is 68.0 Å². The Balaban J connectivity index is 1.77. The number of unbranched alkanes of at least 4 members (excludes halogenated alkanes) is 1. The van der Waals surface area contributed by atoms with Gasteiger partial charge in [0.1, 0.15) is 22.8 Å². The number of fused-ring (bicyclic) bond motifs is 1. The molecule has 8 heteroatoms. The minimum atomic E-state index is -4.48. The average molecular weight is 383 g/mol. The third-order valence-corrected chi connectivity index (χ3v) is 5.24. The molecule has 0 amide bonds. The number of pyridine rings is 1. The van der Waals surface area contributed by atoms with Crippen molar-refractivity contribution in [2.24, 2.45) is 5.92 Å². The number of hydrogen-bond donors (Lipinski definition) is 1. The number of imidazole rings is 1. The number of aliphatic hydroxyl groups excluding tert-OH is 1. The molecule has 1 atom stereocenters. The average Bonchev–Trinajstić information content (AvgIpc) is 2.93. The molecule has 1 saturated carbocycles. The molecule has 0 radical (unpaired) electrons. The largest absolute Gasteiger partial charge is 0.433 e. The van der Waals surface area contributed by atoms with E-state index in [2.05, 4.69) is 9.97 Å². The van der Waals surface area contributed by atoms with E-state index in [4.69, 9.17) is 5.11 Å². The maximum atomic E-state index is 13.0. The van der Waals surface area contributed by atoms with Crippen LogP contribution in [-0.4, -0.2) is 32.0 Å². The van der Waals surface area contributed by atoms with E-state index in [0.29, 0.717) is 36.8 Å². The molecule has 1 aliphatic carbocycles. The lowest BCUT2D eigenvalue weighted by Gasteiger charge is -2.28. The van der Waals surface area contributed by atoms with Crippen LogP contribution in [0, 0.1) is 5.92 Å². The van der Waals surface area contributed by atoms with Crippen LogP contribution in [-0.2, 0) is 17.4 Å². The van der Waals surface area contributed by atoms with Crippen molar-refractivity contribution >= 4 is 16.9 Å². The molecular weight excluding hydrogens is 359 g/mol. The lowest BCUT2D eigenvalue weighted by Crippen LogP contribution is -2.20. The number of hydrogen-bond acceptors (Lipinski definition) is 4. The quantitative estimate of drug-likeness (QED) is 0.698. The Labute approximate surface area is 155 Å². The van der Waals surface area contributed by atoms with Gasteiger partial charge in [-0.1, -0.05) is 6.92 Å². The summed E-state index contributed by atoms with van der Waals surface area (Å²) in [7, 11) is 0. The van der Waals surface area contributed by atoms with Crippen LogP contribution in [0.25, 0.3) is 11.2 Å². The third kappa shape index (κ3) is 4.31. The maximum absolute atomic E-state index is 13.0. The summed E-state index contributed by atoms with van der Waals surface area (Å²) in [4.78, 5) is 20.2. The Morgan fingerprint density at radius 1 is 1.30 bits per heavy atom. The van der Waals surface area contributed by atoms with Gasteiger partial charge >= 0.3 is 6.18 Å². The number of ketones is 1. The standard InChI is InChI=1S/C19H24F3N3O2/c1-12(11-26)15(27)7-2-3-8-17-23-14-9-10-16(19(20,21)22)24-18(14)25(17)13-5-4-6-13/h9-10,12-13,26H,2-8,11H2,1H3/t12-/m1/s1. The fraction of sp³-hybridized carbons (Fsp3) is 0.632. The number of aryl methyl sites for hydroxylation is 1. The van der Waals surface area contributed by atoms with Crippen LogP contribution in [0.4, 0.5) is 13.2 Å². The number of halogens is 3. The number of rotatable bonds is 8. The van der Waals surface area contributed by atoms with Crippen molar-refractivity contribution in [3.05, 3.63) is 23.7 Å². The smallest absolute Gasteiger partial charge is 0.396 e. The molecule has 0 aromatic carbocycles. The molecule has 0 aliphatic heterocycles. The summed E-state index contributed by atoms with van der Waals surface area (Å²) in [6.07, 6.45) is 0.774. The van der Waals surface area contributed by atoms with E-state index < -0.39 is 11.9 Å². The van der Waals surface area contributed by atoms with Crippen molar-refractivity contribution in [3.63, 3.8) is 0 Å². The van der Waals surface area contributed by atoms with Gasteiger partial charge in [-0.2, -0.15) is 13.2 Å². The zero-order valence-electron chi connectivity index (χ0n) is 15.3. The lowest BCUT2D eigenvalue weighted by molar-refractivity contribution is -0.141. The monoisotopic (exact) mass is 383 g/mol. The Kier molecular flexibility index (Phi) is 5.83. The second kappa shape index (κ2) is 7.96. The zero-order chi connectivity index (χ0) is 19.6. The first kappa shape index (κ1) is 19.8. The molecule has 0 saturated heterocycles. The lowest BCUT2D eigenvalue weighted by atomic mass is 9.92. The number of nitrogens with zero attached hydrogens (tertiary/aromatic N) is 3. The molecule has 27 heavy (non-hydrogen) atoms. The molecule has 148 valence electrons. The van der Waals surface area contributed by atoms with Crippen LogP contribution in [0.2, 0.25) is 0 Å². The number of aromatic nitrogens is 3. The number of aliphatic hydroxyl groups is 1. The highest BCUT2D eigenvalue weighted by molar-refractivity contribution is 5.80. The van der Waals surface area contributed by atoms with Gasteiger partial charge in [0.2, 0.25) is 0 Å². The number of alkyl halides is 3. The van der Waals surface area contributed by atoms with Crippen molar-refractivity contribution in [2.45, 2.75) is 64.1 Å². The molecule has 0 bridgehead atoms. The van der Waals surface area contributed by atoms with Crippen molar-refractivity contribution < 1.29 is 23.1 Å². The van der Waals surface area contributed by atoms with Gasteiger partial charge in [-0.25, -0.2) is 9.97 Å². The molecule has 2 aromatic rings. The minimum absolute atomic E-state index is 0.0291. The summed E-state index contributed by atoms with van der Waals surface area (Å²) in [5.41, 5.74) is -0.116. The highest BCUT2D eigenvalue weighted by Gasteiger charge is 2.34. The predicted molar refractivity (Wildman–Crippen MR) is 94.2 cm³/mol. The number of carbonyl (C=O) groups is 1. The SMILES string of the molecule is C[C@H](CO)C(=O)CCCCc1nc2ccc(C(F)(F)F)nc2n1C1CCC1. The van der Waals surface area contributed by atoms with E-state index in [-0.39, 0.29) is 24.3 Å². The fourth-order valence-corrected chi connectivity index (χ4v) is 3.31. The molecular formula is C19H24F3N3O2. The van der Waals surface area contributed by atoms with E-state index in [1.807, 2.05) is 4.57 Å². The molecule has 5 nitrogen and oxygen atoms in total. The second-order valence-corrected chi connectivity index (χ2v) is 7.28. The zero-order valence-corrected chi connectivity index (χ0v) is 15.3. The van der Waals surface area contributed by atoms with Crippen molar-refractivity contribution in [1.29, 1.82) is 0 Å². The van der Waals surface area contributed by atoms with Crippen molar-refractivity contribution in [3.8, 4) is 0 Å². The first-order chi connectivity index (χ1) is 12.8. The Hall–Kier alpha value is -1.96. The Morgan fingerprint density at radius 3 is 2.63 bits per heavy atom. The summed E-state index contributed by atoms with van der Waals surface area (Å²) in [6, 6.07) is 2.51. The Morgan fingerprint density at radius 2 is 2.04 bits per heavy atom. The van der Waals surface area contributed by atoms with Crippen LogP contribution in [0.1, 0.15) is 63.0 Å². The molecule has 2 heterocycles. The van der Waals surface area contributed by atoms with E-state index >= 15 is 0 Å². The van der Waals surface area contributed by atoms with Gasteiger partial charge in [0.15, 0.2) is 5.65 Å². The maximum Gasteiger partial charge on any atom is 0.433 e. The second-order valence-electron chi connectivity index (χ2n) is 7.28. The van der Waals surface area contributed by atoms with E-state index in [1.54, 1.807) is 6.92 Å². The number of carbonyl (C=O) groups excluding carboxylic acids is 1. The molecule has 0 unspecified atom stereocenters. The molecule has 0 spiro atoms. The van der Waals surface area contributed by atoms with Gasteiger partial charge in [0.25, 0.3) is 0 Å². The van der Waals surface area contributed by atoms with Crippen LogP contribution < -0.4 is 0 Å². The Bertz CT molecular complexity index is 812. The molecule has 1 fully saturated rings. The van der Waals surface area contributed by atoms with Crippen LogP contribution in [0.5, 0.6) is 0 Å². The molecule has 1 N–H and O–H groups in total. The van der Waals surface area contributed by atoms with Crippen LogP contribution in [0.3, 0.4) is 0 Å². The van der Waals surface area contributed by atoms with E-state index in [0.717, 1.165) is 31.2 Å². The summed E-state index contributed by atoms with van der Waals surface area (Å²) in [5.74, 6) is 0.417. The van der Waals surface area contributed by atoms with Gasteiger partial charge in [-0.05, 0) is 44.2 Å². The molecule has 3 rings (SSSR count). The van der Waals surface area contributed by atoms with Crippen molar-refractivity contribution in [1.82, 2.24) is 14.5 Å². The van der Waals surface area contributed by atoms with E-state index in [9.17, 15) is 18.0 Å². The summed E-state index contributed by atoms with van der Waals surface area (Å²) >= 11 is 0. The fourth-order valence-electron chi connectivity index (χ4n) is 3.31. The minimum Gasteiger partial charge on any atom is -0.396 e. The van der Waals surface area contributed by atoms with Crippen LogP contribution in [0.15, 0.2) is 12.1 Å².